The maximum Gasteiger partial charge on any atom is 0.315 e. The van der Waals surface area contributed by atoms with Gasteiger partial charge in [0.05, 0.1) is 32.3 Å². The minimum Gasteiger partial charge on any atom is -0.481 e. The second kappa shape index (κ2) is 7.09. The fourth-order valence-corrected chi connectivity index (χ4v) is 1.81. The van der Waals surface area contributed by atoms with Crippen LogP contribution in [0.2, 0.25) is 0 Å². The van der Waals surface area contributed by atoms with Crippen LogP contribution in [0.3, 0.4) is 0 Å². The fourth-order valence-electron chi connectivity index (χ4n) is 1.81. The number of amides is 2. The second-order valence-corrected chi connectivity index (χ2v) is 4.75. The molecule has 0 spiro atoms. The zero-order chi connectivity index (χ0) is 15.2. The molecule has 1 aliphatic heterocycles. The first-order valence-electron chi connectivity index (χ1n) is 6.41. The maximum absolute atomic E-state index is 11.6. The van der Waals surface area contributed by atoms with Crippen molar-refractivity contribution in [3.8, 4) is 0 Å². The minimum absolute atomic E-state index is 0.0517. The van der Waals surface area contributed by atoms with Gasteiger partial charge in [-0.05, 0) is 13.8 Å². The summed E-state index contributed by atoms with van der Waals surface area (Å²) in [4.78, 5) is 33.9. The molecule has 0 bridgehead atoms. The standard InChI is InChI=1S/C12H20N2O6/c1-3-20-9(15)4-5-13-11(18)14-8-6-19-7-12(8,2)10(16)17/h8H,3-7H2,1-2H3,(H,16,17)(H2,13,14,18). The molecule has 0 aromatic heterocycles. The molecule has 2 amide bonds. The molecule has 1 heterocycles. The molecule has 0 aliphatic carbocycles. The summed E-state index contributed by atoms with van der Waals surface area (Å²) < 4.78 is 9.83. The number of urea groups is 1. The second-order valence-electron chi connectivity index (χ2n) is 4.75. The van der Waals surface area contributed by atoms with E-state index in [1.54, 1.807) is 6.92 Å². The number of carboxylic acid groups (broad SMARTS) is 1. The highest BCUT2D eigenvalue weighted by atomic mass is 16.5. The van der Waals surface area contributed by atoms with E-state index in [1.807, 2.05) is 0 Å². The van der Waals surface area contributed by atoms with E-state index >= 15 is 0 Å². The molecule has 0 radical (unpaired) electrons. The molecular weight excluding hydrogens is 268 g/mol. The summed E-state index contributed by atoms with van der Waals surface area (Å²) in [6.45, 7) is 3.84. The number of ether oxygens (including phenoxy) is 2. The lowest BCUT2D eigenvalue weighted by Gasteiger charge is -2.25. The Hall–Kier alpha value is -1.83. The average molecular weight is 288 g/mol. The van der Waals surface area contributed by atoms with Crippen LogP contribution in [0.15, 0.2) is 0 Å². The van der Waals surface area contributed by atoms with Crippen molar-refractivity contribution >= 4 is 18.0 Å². The smallest absolute Gasteiger partial charge is 0.315 e. The van der Waals surface area contributed by atoms with Crippen LogP contribution >= 0.6 is 0 Å². The predicted molar refractivity (Wildman–Crippen MR) is 68.1 cm³/mol. The lowest BCUT2D eigenvalue weighted by atomic mass is 9.85. The molecule has 1 fully saturated rings. The Morgan fingerprint density at radius 3 is 2.75 bits per heavy atom. The number of aliphatic carboxylic acids is 1. The molecule has 20 heavy (non-hydrogen) atoms. The van der Waals surface area contributed by atoms with Crippen LogP contribution in [0, 0.1) is 5.41 Å². The summed E-state index contributed by atoms with van der Waals surface area (Å²) in [6, 6.07) is -1.14. The Bertz CT molecular complexity index is 386. The van der Waals surface area contributed by atoms with Crippen LogP contribution < -0.4 is 10.6 Å². The zero-order valence-corrected chi connectivity index (χ0v) is 11.6. The molecule has 0 aromatic carbocycles. The van der Waals surface area contributed by atoms with E-state index in [0.29, 0.717) is 6.61 Å². The van der Waals surface area contributed by atoms with Gasteiger partial charge in [0.1, 0.15) is 5.41 Å². The number of esters is 1. The minimum atomic E-state index is -1.14. The van der Waals surface area contributed by atoms with Gasteiger partial charge in [-0.3, -0.25) is 9.59 Å². The van der Waals surface area contributed by atoms with Crippen molar-refractivity contribution in [2.45, 2.75) is 26.3 Å². The molecule has 2 atom stereocenters. The molecule has 8 heteroatoms. The number of rotatable bonds is 6. The van der Waals surface area contributed by atoms with Crippen LogP contribution in [-0.2, 0) is 19.1 Å². The third-order valence-corrected chi connectivity index (χ3v) is 3.17. The summed E-state index contributed by atoms with van der Waals surface area (Å²) in [7, 11) is 0. The highest BCUT2D eigenvalue weighted by molar-refractivity contribution is 5.79. The highest BCUT2D eigenvalue weighted by Crippen LogP contribution is 2.28. The molecule has 8 nitrogen and oxygen atoms in total. The molecule has 0 saturated carbocycles. The fraction of sp³-hybridized carbons (Fsp3) is 0.750. The lowest BCUT2D eigenvalue weighted by molar-refractivity contribution is -0.148. The van der Waals surface area contributed by atoms with E-state index < -0.39 is 29.4 Å². The van der Waals surface area contributed by atoms with Gasteiger partial charge in [0, 0.05) is 6.54 Å². The number of hydrogen-bond donors (Lipinski definition) is 3. The third-order valence-electron chi connectivity index (χ3n) is 3.17. The van der Waals surface area contributed by atoms with Crippen LogP contribution in [0.25, 0.3) is 0 Å². The molecular formula is C12H20N2O6. The Labute approximate surface area is 116 Å². The molecule has 114 valence electrons. The van der Waals surface area contributed by atoms with E-state index in [9.17, 15) is 14.4 Å². The summed E-state index contributed by atoms with van der Waals surface area (Å²) >= 11 is 0. The van der Waals surface area contributed by atoms with Crippen LogP contribution in [-0.4, -0.2) is 55.5 Å². The Balaban J connectivity index is 2.35. The number of hydrogen-bond acceptors (Lipinski definition) is 5. The number of carboxylic acids is 1. The highest BCUT2D eigenvalue weighted by Gasteiger charge is 2.47. The monoisotopic (exact) mass is 288 g/mol. The van der Waals surface area contributed by atoms with Crippen LogP contribution in [0.4, 0.5) is 4.79 Å². The van der Waals surface area contributed by atoms with Crippen molar-refractivity contribution < 1.29 is 29.0 Å². The van der Waals surface area contributed by atoms with Crippen LogP contribution in [0.5, 0.6) is 0 Å². The van der Waals surface area contributed by atoms with Crippen molar-refractivity contribution in [1.29, 1.82) is 0 Å². The van der Waals surface area contributed by atoms with E-state index in [2.05, 4.69) is 10.6 Å². The first-order valence-corrected chi connectivity index (χ1v) is 6.41. The number of carbonyl (C=O) groups is 3. The molecule has 1 rings (SSSR count). The van der Waals surface area contributed by atoms with Crippen molar-refractivity contribution in [3.05, 3.63) is 0 Å². The van der Waals surface area contributed by atoms with Gasteiger partial charge in [-0.15, -0.1) is 0 Å². The van der Waals surface area contributed by atoms with Gasteiger partial charge in [-0.25, -0.2) is 4.79 Å². The van der Waals surface area contributed by atoms with Gasteiger partial charge in [-0.2, -0.15) is 0 Å². The maximum atomic E-state index is 11.6. The Kier molecular flexibility index (Phi) is 5.75. The third kappa shape index (κ3) is 4.09. The van der Waals surface area contributed by atoms with Crippen molar-refractivity contribution in [1.82, 2.24) is 10.6 Å². The first kappa shape index (κ1) is 16.2. The number of nitrogens with one attached hydrogen (secondary N) is 2. The van der Waals surface area contributed by atoms with Gasteiger partial charge in [-0.1, -0.05) is 0 Å². The SMILES string of the molecule is CCOC(=O)CCNC(=O)NC1COCC1(C)C(=O)O. The molecule has 1 aliphatic rings. The molecule has 1 saturated heterocycles. The summed E-state index contributed by atoms with van der Waals surface area (Å²) in [6.07, 6.45) is 0.0681. The van der Waals surface area contributed by atoms with Crippen LogP contribution in [0.1, 0.15) is 20.3 Å². The largest absolute Gasteiger partial charge is 0.481 e. The van der Waals surface area contributed by atoms with E-state index in [0.717, 1.165) is 0 Å². The van der Waals surface area contributed by atoms with Gasteiger partial charge in [0.25, 0.3) is 0 Å². The van der Waals surface area contributed by atoms with E-state index in [-0.39, 0.29) is 26.2 Å². The van der Waals surface area contributed by atoms with Gasteiger partial charge in [0.15, 0.2) is 0 Å². The average Bonchev–Trinajstić information content (AvgIpc) is 2.72. The first-order chi connectivity index (χ1) is 9.40. The quantitative estimate of drug-likeness (QED) is 0.580. The van der Waals surface area contributed by atoms with E-state index in [4.69, 9.17) is 14.6 Å². The van der Waals surface area contributed by atoms with Crippen molar-refractivity contribution in [3.63, 3.8) is 0 Å². The van der Waals surface area contributed by atoms with E-state index in [1.165, 1.54) is 6.92 Å². The normalized spacial score (nSPS) is 25.0. The van der Waals surface area contributed by atoms with Crippen molar-refractivity contribution in [2.75, 3.05) is 26.4 Å². The zero-order valence-electron chi connectivity index (χ0n) is 11.6. The number of carbonyl (C=O) groups excluding carboxylic acids is 2. The summed E-state index contributed by atoms with van der Waals surface area (Å²) in [5.41, 5.74) is -1.14. The summed E-state index contributed by atoms with van der Waals surface area (Å²) in [5.74, 6) is -1.42. The van der Waals surface area contributed by atoms with Gasteiger partial charge < -0.3 is 25.2 Å². The predicted octanol–water partition coefficient (Wildman–Crippen LogP) is -0.271. The molecule has 3 N–H and O–H groups in total. The summed E-state index contributed by atoms with van der Waals surface area (Å²) in [5, 5.41) is 14.2. The Morgan fingerprint density at radius 1 is 1.45 bits per heavy atom. The van der Waals surface area contributed by atoms with Gasteiger partial charge >= 0.3 is 18.0 Å². The van der Waals surface area contributed by atoms with Crippen molar-refractivity contribution in [2.24, 2.45) is 5.41 Å². The lowest BCUT2D eigenvalue weighted by Crippen LogP contribution is -2.52. The Morgan fingerprint density at radius 2 is 2.15 bits per heavy atom. The topological polar surface area (TPSA) is 114 Å². The van der Waals surface area contributed by atoms with Gasteiger partial charge in [0.2, 0.25) is 0 Å². The molecule has 0 aromatic rings. The molecule has 2 unspecified atom stereocenters.